The van der Waals surface area contributed by atoms with E-state index in [2.05, 4.69) is 17.6 Å². The van der Waals surface area contributed by atoms with Crippen molar-refractivity contribution >= 4 is 29.2 Å². The van der Waals surface area contributed by atoms with Crippen LogP contribution in [0.1, 0.15) is 12.0 Å². The van der Waals surface area contributed by atoms with E-state index in [1.54, 1.807) is 11.8 Å². The van der Waals surface area contributed by atoms with Crippen LogP contribution in [0.2, 0.25) is 0 Å². The fourth-order valence-corrected chi connectivity index (χ4v) is 2.41. The molecule has 0 fully saturated rings. The van der Waals surface area contributed by atoms with E-state index in [-0.39, 0.29) is 0 Å². The standard InChI is InChI=1S/C12H16N2S2/c1-15-8-4-7-14-11-5-3-6-12(16-2)10(11)9-13/h3,5-6,14H,4,7-8H2,1-2H3. The molecule has 0 bridgehead atoms. The average Bonchev–Trinajstić information content (AvgIpc) is 2.34. The Labute approximate surface area is 106 Å². The third-order valence-electron chi connectivity index (χ3n) is 2.20. The van der Waals surface area contributed by atoms with E-state index < -0.39 is 0 Å². The molecule has 0 aliphatic rings. The van der Waals surface area contributed by atoms with E-state index in [0.29, 0.717) is 0 Å². The molecule has 0 heterocycles. The zero-order valence-corrected chi connectivity index (χ0v) is 11.3. The SMILES string of the molecule is CSCCCNc1cccc(SC)c1C#N. The molecule has 86 valence electrons. The first-order valence-electron chi connectivity index (χ1n) is 5.13. The number of nitrogens with one attached hydrogen (secondary N) is 1. The zero-order chi connectivity index (χ0) is 11.8. The van der Waals surface area contributed by atoms with Crippen molar-refractivity contribution in [2.75, 3.05) is 30.1 Å². The number of hydrogen-bond acceptors (Lipinski definition) is 4. The Morgan fingerprint density at radius 2 is 2.19 bits per heavy atom. The van der Waals surface area contributed by atoms with E-state index in [0.717, 1.165) is 34.9 Å². The number of rotatable bonds is 6. The number of anilines is 1. The summed E-state index contributed by atoms with van der Waals surface area (Å²) in [7, 11) is 0. The van der Waals surface area contributed by atoms with Crippen molar-refractivity contribution in [2.24, 2.45) is 0 Å². The molecule has 1 N–H and O–H groups in total. The Kier molecular flexibility index (Phi) is 6.20. The van der Waals surface area contributed by atoms with Gasteiger partial charge in [0.1, 0.15) is 6.07 Å². The Balaban J connectivity index is 2.68. The summed E-state index contributed by atoms with van der Waals surface area (Å²) in [5, 5.41) is 12.5. The predicted octanol–water partition coefficient (Wildman–Crippen LogP) is 3.45. The van der Waals surface area contributed by atoms with Gasteiger partial charge in [0.05, 0.1) is 11.3 Å². The second-order valence-electron chi connectivity index (χ2n) is 3.27. The molecule has 0 amide bonds. The van der Waals surface area contributed by atoms with Crippen LogP contribution in [0.5, 0.6) is 0 Å². The number of nitriles is 1. The molecule has 0 aliphatic heterocycles. The smallest absolute Gasteiger partial charge is 0.102 e. The summed E-state index contributed by atoms with van der Waals surface area (Å²) in [4.78, 5) is 1.04. The van der Waals surface area contributed by atoms with Crippen molar-refractivity contribution < 1.29 is 0 Å². The van der Waals surface area contributed by atoms with Gasteiger partial charge in [-0.25, -0.2) is 0 Å². The van der Waals surface area contributed by atoms with Crippen LogP contribution < -0.4 is 5.32 Å². The molecule has 0 radical (unpaired) electrons. The highest BCUT2D eigenvalue weighted by atomic mass is 32.2. The van der Waals surface area contributed by atoms with Crippen LogP contribution in [0, 0.1) is 11.3 Å². The van der Waals surface area contributed by atoms with E-state index in [1.807, 2.05) is 36.2 Å². The summed E-state index contributed by atoms with van der Waals surface area (Å²) in [5.74, 6) is 1.15. The van der Waals surface area contributed by atoms with Gasteiger partial charge in [-0.2, -0.15) is 17.0 Å². The van der Waals surface area contributed by atoms with Crippen LogP contribution in [-0.2, 0) is 0 Å². The lowest BCUT2D eigenvalue weighted by atomic mass is 10.2. The second-order valence-corrected chi connectivity index (χ2v) is 5.10. The molecule has 0 atom stereocenters. The van der Waals surface area contributed by atoms with Crippen LogP contribution in [0.4, 0.5) is 5.69 Å². The molecule has 0 aromatic heterocycles. The second kappa shape index (κ2) is 7.48. The van der Waals surface area contributed by atoms with E-state index >= 15 is 0 Å². The van der Waals surface area contributed by atoms with Gasteiger partial charge < -0.3 is 5.32 Å². The van der Waals surface area contributed by atoms with Gasteiger partial charge in [-0.1, -0.05) is 6.07 Å². The summed E-state index contributed by atoms with van der Waals surface area (Å²) in [6, 6.07) is 8.21. The first kappa shape index (κ1) is 13.3. The molecule has 4 heteroatoms. The molecular formula is C12H16N2S2. The predicted molar refractivity (Wildman–Crippen MR) is 74.4 cm³/mol. The molecule has 2 nitrogen and oxygen atoms in total. The number of nitrogens with zero attached hydrogens (tertiary/aromatic N) is 1. The van der Waals surface area contributed by atoms with Crippen molar-refractivity contribution in [3.05, 3.63) is 23.8 Å². The molecule has 0 unspecified atom stereocenters. The fourth-order valence-electron chi connectivity index (χ4n) is 1.40. The fraction of sp³-hybridized carbons (Fsp3) is 0.417. The van der Waals surface area contributed by atoms with Crippen molar-refractivity contribution in [3.63, 3.8) is 0 Å². The van der Waals surface area contributed by atoms with Crippen LogP contribution in [-0.4, -0.2) is 24.8 Å². The maximum atomic E-state index is 9.13. The topological polar surface area (TPSA) is 35.8 Å². The van der Waals surface area contributed by atoms with Crippen molar-refractivity contribution in [3.8, 4) is 6.07 Å². The van der Waals surface area contributed by atoms with Crippen LogP contribution in [0.15, 0.2) is 23.1 Å². The summed E-state index contributed by atoms with van der Waals surface area (Å²) >= 11 is 3.46. The molecular weight excluding hydrogens is 236 g/mol. The van der Waals surface area contributed by atoms with Crippen LogP contribution in [0.3, 0.4) is 0 Å². The Bertz CT molecular complexity index is 372. The number of hydrogen-bond donors (Lipinski definition) is 1. The van der Waals surface area contributed by atoms with Crippen molar-refractivity contribution in [1.29, 1.82) is 5.26 Å². The highest BCUT2D eigenvalue weighted by Gasteiger charge is 2.05. The zero-order valence-electron chi connectivity index (χ0n) is 9.62. The molecule has 0 aliphatic carbocycles. The van der Waals surface area contributed by atoms with Gasteiger partial charge in [-0.05, 0) is 36.8 Å². The lowest BCUT2D eigenvalue weighted by molar-refractivity contribution is 0.991. The third-order valence-corrected chi connectivity index (χ3v) is 3.68. The van der Waals surface area contributed by atoms with Gasteiger partial charge in [-0.15, -0.1) is 11.8 Å². The molecule has 1 aromatic carbocycles. The van der Waals surface area contributed by atoms with Crippen LogP contribution in [0.25, 0.3) is 0 Å². The largest absolute Gasteiger partial charge is 0.384 e. The molecule has 0 saturated carbocycles. The van der Waals surface area contributed by atoms with Gasteiger partial charge in [0, 0.05) is 11.4 Å². The minimum Gasteiger partial charge on any atom is -0.384 e. The summed E-state index contributed by atoms with van der Waals surface area (Å²) in [6.07, 6.45) is 5.22. The Morgan fingerprint density at radius 3 is 2.81 bits per heavy atom. The van der Waals surface area contributed by atoms with E-state index in [1.165, 1.54) is 0 Å². The summed E-state index contributed by atoms with van der Waals surface area (Å²) in [5.41, 5.74) is 1.72. The molecule has 16 heavy (non-hydrogen) atoms. The normalized spacial score (nSPS) is 9.81. The van der Waals surface area contributed by atoms with Gasteiger partial charge in [0.2, 0.25) is 0 Å². The first-order chi connectivity index (χ1) is 7.83. The van der Waals surface area contributed by atoms with Gasteiger partial charge in [0.25, 0.3) is 0 Å². The maximum Gasteiger partial charge on any atom is 0.102 e. The van der Waals surface area contributed by atoms with Gasteiger partial charge >= 0.3 is 0 Å². The number of thioether (sulfide) groups is 2. The van der Waals surface area contributed by atoms with Crippen LogP contribution >= 0.6 is 23.5 Å². The molecule has 0 spiro atoms. The Morgan fingerprint density at radius 1 is 1.38 bits per heavy atom. The first-order valence-corrected chi connectivity index (χ1v) is 7.75. The lowest BCUT2D eigenvalue weighted by Crippen LogP contribution is -2.04. The number of benzene rings is 1. The van der Waals surface area contributed by atoms with E-state index in [4.69, 9.17) is 5.26 Å². The average molecular weight is 252 g/mol. The highest BCUT2D eigenvalue weighted by molar-refractivity contribution is 7.98. The quantitative estimate of drug-likeness (QED) is 0.621. The highest BCUT2D eigenvalue weighted by Crippen LogP contribution is 2.26. The van der Waals surface area contributed by atoms with Crippen molar-refractivity contribution in [2.45, 2.75) is 11.3 Å². The maximum absolute atomic E-state index is 9.13. The van der Waals surface area contributed by atoms with Gasteiger partial charge in [-0.3, -0.25) is 0 Å². The van der Waals surface area contributed by atoms with E-state index in [9.17, 15) is 0 Å². The summed E-state index contributed by atoms with van der Waals surface area (Å²) < 4.78 is 0. The lowest BCUT2D eigenvalue weighted by Gasteiger charge is -2.09. The minimum absolute atomic E-state index is 0.763. The van der Waals surface area contributed by atoms with Crippen molar-refractivity contribution in [1.82, 2.24) is 0 Å². The monoisotopic (exact) mass is 252 g/mol. The Hall–Kier alpha value is -0.790. The third kappa shape index (κ3) is 3.66. The molecule has 1 aromatic rings. The van der Waals surface area contributed by atoms with Gasteiger partial charge in [0.15, 0.2) is 0 Å². The minimum atomic E-state index is 0.763. The molecule has 0 saturated heterocycles. The summed E-state index contributed by atoms with van der Waals surface area (Å²) in [6.45, 7) is 0.924. The molecule has 1 rings (SSSR count).